The van der Waals surface area contributed by atoms with Gasteiger partial charge in [0, 0.05) is 5.75 Å². The first-order valence-electron chi connectivity index (χ1n) is 7.78. The zero-order valence-corrected chi connectivity index (χ0v) is 15.6. The zero-order chi connectivity index (χ0) is 18.2. The van der Waals surface area contributed by atoms with E-state index >= 15 is 0 Å². The SMILES string of the molecule is COC(=O)c1ccc(OCCSc2nnc(NCc3ccco3)s2)cc1. The third-order valence-electron chi connectivity index (χ3n) is 3.25. The predicted octanol–water partition coefficient (Wildman–Crippen LogP) is 3.70. The number of thioether (sulfide) groups is 1. The topological polar surface area (TPSA) is 86.5 Å². The molecule has 3 aromatic rings. The fourth-order valence-electron chi connectivity index (χ4n) is 2.01. The van der Waals surface area contributed by atoms with E-state index < -0.39 is 0 Å². The van der Waals surface area contributed by atoms with E-state index in [0.717, 1.165) is 21.0 Å². The molecule has 0 atom stereocenters. The first-order valence-corrected chi connectivity index (χ1v) is 9.58. The first kappa shape index (κ1) is 18.3. The van der Waals surface area contributed by atoms with E-state index in [-0.39, 0.29) is 5.97 Å². The van der Waals surface area contributed by atoms with Crippen molar-refractivity contribution in [3.05, 3.63) is 54.0 Å². The molecule has 0 spiro atoms. The summed E-state index contributed by atoms with van der Waals surface area (Å²) >= 11 is 3.07. The summed E-state index contributed by atoms with van der Waals surface area (Å²) in [6.45, 7) is 1.11. The van der Waals surface area contributed by atoms with E-state index in [1.165, 1.54) is 18.4 Å². The highest BCUT2D eigenvalue weighted by atomic mass is 32.2. The Balaban J connectivity index is 1.37. The molecule has 0 amide bonds. The van der Waals surface area contributed by atoms with Crippen LogP contribution in [-0.4, -0.2) is 35.6 Å². The van der Waals surface area contributed by atoms with Gasteiger partial charge in [-0.1, -0.05) is 23.1 Å². The van der Waals surface area contributed by atoms with Gasteiger partial charge in [0.1, 0.15) is 11.5 Å². The number of ether oxygens (including phenoxy) is 2. The number of aromatic nitrogens is 2. The van der Waals surface area contributed by atoms with Gasteiger partial charge < -0.3 is 19.2 Å². The largest absolute Gasteiger partial charge is 0.493 e. The van der Waals surface area contributed by atoms with Crippen molar-refractivity contribution in [3.8, 4) is 5.75 Å². The number of rotatable bonds is 9. The third kappa shape index (κ3) is 5.24. The smallest absolute Gasteiger partial charge is 0.337 e. The lowest BCUT2D eigenvalue weighted by Gasteiger charge is -2.05. The second kappa shape index (κ2) is 9.25. The summed E-state index contributed by atoms with van der Waals surface area (Å²) in [5.74, 6) is 1.93. The van der Waals surface area contributed by atoms with E-state index in [2.05, 4.69) is 20.3 Å². The highest BCUT2D eigenvalue weighted by Gasteiger charge is 2.07. The molecule has 0 aliphatic heterocycles. The first-order chi connectivity index (χ1) is 12.7. The Bertz CT molecular complexity index is 819. The summed E-state index contributed by atoms with van der Waals surface area (Å²) in [5, 5.41) is 12.2. The van der Waals surface area contributed by atoms with Crippen molar-refractivity contribution in [1.82, 2.24) is 10.2 Å². The van der Waals surface area contributed by atoms with Gasteiger partial charge >= 0.3 is 5.97 Å². The molecule has 7 nitrogen and oxygen atoms in total. The van der Waals surface area contributed by atoms with E-state index in [4.69, 9.17) is 9.15 Å². The average molecular weight is 391 g/mol. The van der Waals surface area contributed by atoms with Crippen molar-refractivity contribution >= 4 is 34.2 Å². The average Bonchev–Trinajstić information content (AvgIpc) is 3.35. The van der Waals surface area contributed by atoms with Gasteiger partial charge in [0.15, 0.2) is 4.34 Å². The fraction of sp³-hybridized carbons (Fsp3) is 0.235. The highest BCUT2D eigenvalue weighted by Crippen LogP contribution is 2.26. The van der Waals surface area contributed by atoms with Gasteiger partial charge in [0.2, 0.25) is 5.13 Å². The molecule has 0 saturated carbocycles. The monoisotopic (exact) mass is 391 g/mol. The molecule has 0 aliphatic carbocycles. The maximum Gasteiger partial charge on any atom is 0.337 e. The molecule has 3 rings (SSSR count). The lowest BCUT2D eigenvalue weighted by Crippen LogP contribution is -2.02. The number of hydrogen-bond acceptors (Lipinski definition) is 9. The van der Waals surface area contributed by atoms with Crippen LogP contribution in [0, 0.1) is 0 Å². The van der Waals surface area contributed by atoms with Crippen molar-refractivity contribution in [1.29, 1.82) is 0 Å². The Labute approximate surface area is 158 Å². The van der Waals surface area contributed by atoms with Crippen LogP contribution in [0.2, 0.25) is 0 Å². The molecule has 1 aromatic carbocycles. The molecule has 2 heterocycles. The summed E-state index contributed by atoms with van der Waals surface area (Å²) in [6.07, 6.45) is 1.64. The number of methoxy groups -OCH3 is 1. The molecule has 0 saturated heterocycles. The number of esters is 1. The van der Waals surface area contributed by atoms with Crippen LogP contribution in [0.15, 0.2) is 51.4 Å². The minimum absolute atomic E-state index is 0.361. The van der Waals surface area contributed by atoms with Crippen molar-refractivity contribution in [2.45, 2.75) is 10.9 Å². The van der Waals surface area contributed by atoms with Crippen LogP contribution in [0.25, 0.3) is 0 Å². The minimum atomic E-state index is -0.361. The normalized spacial score (nSPS) is 10.5. The standard InChI is InChI=1S/C17H17N3O4S2/c1-22-15(21)12-4-6-13(7-5-12)24-9-10-25-17-20-19-16(26-17)18-11-14-3-2-8-23-14/h2-8H,9-11H2,1H3,(H,18,19). The van der Waals surface area contributed by atoms with Crippen LogP contribution in [-0.2, 0) is 11.3 Å². The summed E-state index contributed by atoms with van der Waals surface area (Å²) in [7, 11) is 1.36. The van der Waals surface area contributed by atoms with Gasteiger partial charge in [0.05, 0.1) is 32.1 Å². The third-order valence-corrected chi connectivity index (χ3v) is 5.23. The van der Waals surface area contributed by atoms with Gasteiger partial charge in [0.25, 0.3) is 0 Å². The zero-order valence-electron chi connectivity index (χ0n) is 14.0. The van der Waals surface area contributed by atoms with Crippen molar-refractivity contribution in [2.24, 2.45) is 0 Å². The molecule has 0 unspecified atom stereocenters. The molecule has 0 aliphatic rings. The number of hydrogen-bond donors (Lipinski definition) is 1. The lowest BCUT2D eigenvalue weighted by atomic mass is 10.2. The van der Waals surface area contributed by atoms with Gasteiger partial charge in [-0.15, -0.1) is 10.2 Å². The van der Waals surface area contributed by atoms with Gasteiger partial charge in [-0.25, -0.2) is 4.79 Å². The molecule has 0 fully saturated rings. The van der Waals surface area contributed by atoms with Crippen molar-refractivity contribution < 1.29 is 18.7 Å². The molecule has 9 heteroatoms. The number of carbonyl (C=O) groups is 1. The number of benzene rings is 1. The minimum Gasteiger partial charge on any atom is -0.493 e. The number of carbonyl (C=O) groups excluding carboxylic acids is 1. The van der Waals surface area contributed by atoms with Crippen molar-refractivity contribution in [2.75, 3.05) is 24.8 Å². The molecule has 1 N–H and O–H groups in total. The van der Waals surface area contributed by atoms with Gasteiger partial charge in [-0.05, 0) is 36.4 Å². The predicted molar refractivity (Wildman–Crippen MR) is 99.9 cm³/mol. The number of nitrogens with one attached hydrogen (secondary N) is 1. The molecular weight excluding hydrogens is 374 g/mol. The Hall–Kier alpha value is -2.52. The Morgan fingerprint density at radius 2 is 2.12 bits per heavy atom. The van der Waals surface area contributed by atoms with Gasteiger partial charge in [-0.3, -0.25) is 0 Å². The maximum atomic E-state index is 11.4. The van der Waals surface area contributed by atoms with Crippen LogP contribution < -0.4 is 10.1 Å². The van der Waals surface area contributed by atoms with Crippen LogP contribution in [0.1, 0.15) is 16.1 Å². The van der Waals surface area contributed by atoms with Crippen molar-refractivity contribution in [3.63, 3.8) is 0 Å². The summed E-state index contributed by atoms with van der Waals surface area (Å²) in [6, 6.07) is 10.6. The number of anilines is 1. The fourth-order valence-corrected chi connectivity index (χ4v) is 3.64. The molecule has 2 aromatic heterocycles. The summed E-state index contributed by atoms with van der Waals surface area (Å²) < 4.78 is 16.4. The Morgan fingerprint density at radius 3 is 2.85 bits per heavy atom. The Morgan fingerprint density at radius 1 is 1.27 bits per heavy atom. The second-order valence-corrected chi connectivity index (χ2v) is 7.34. The van der Waals surface area contributed by atoms with E-state index in [1.807, 2.05) is 12.1 Å². The van der Waals surface area contributed by atoms with E-state index in [0.29, 0.717) is 24.5 Å². The number of furan rings is 1. The van der Waals surface area contributed by atoms with Crippen LogP contribution in [0.3, 0.4) is 0 Å². The molecule has 0 radical (unpaired) electrons. The molecule has 26 heavy (non-hydrogen) atoms. The molecular formula is C17H17N3O4S2. The highest BCUT2D eigenvalue weighted by molar-refractivity contribution is 8.01. The quantitative estimate of drug-likeness (QED) is 0.336. The van der Waals surface area contributed by atoms with Crippen LogP contribution in [0.4, 0.5) is 5.13 Å². The number of nitrogens with zero attached hydrogens (tertiary/aromatic N) is 2. The Kier molecular flexibility index (Phi) is 6.50. The molecule has 0 bridgehead atoms. The summed E-state index contributed by atoms with van der Waals surface area (Å²) in [5.41, 5.74) is 0.498. The van der Waals surface area contributed by atoms with Gasteiger partial charge in [-0.2, -0.15) is 0 Å². The maximum absolute atomic E-state index is 11.4. The molecule has 136 valence electrons. The van der Waals surface area contributed by atoms with E-state index in [1.54, 1.807) is 42.3 Å². The van der Waals surface area contributed by atoms with E-state index in [9.17, 15) is 4.79 Å². The lowest BCUT2D eigenvalue weighted by molar-refractivity contribution is 0.0600. The summed E-state index contributed by atoms with van der Waals surface area (Å²) in [4.78, 5) is 11.4. The van der Waals surface area contributed by atoms with Crippen LogP contribution in [0.5, 0.6) is 5.75 Å². The van der Waals surface area contributed by atoms with Crippen LogP contribution >= 0.6 is 23.1 Å². The second-order valence-electron chi connectivity index (χ2n) is 5.02.